The SMILES string of the molecule is CC(C)NCC(C(=O)N1CCN(c2ncnc3c2[C@H](C)CC3)CC1)c1ccc(Cl)cc1.Cl.Cl. The van der Waals surface area contributed by atoms with E-state index in [-0.39, 0.29) is 36.6 Å². The molecule has 2 aromatic rings. The number of rotatable bonds is 6. The molecule has 2 aliphatic rings. The Kier molecular flexibility index (Phi) is 10.2. The number of nitrogens with zero attached hydrogens (tertiary/aromatic N) is 4. The van der Waals surface area contributed by atoms with E-state index in [0.717, 1.165) is 37.3 Å². The Morgan fingerprint density at radius 3 is 2.42 bits per heavy atom. The molecule has 0 bridgehead atoms. The minimum Gasteiger partial charge on any atom is -0.353 e. The molecule has 0 saturated carbocycles. The Balaban J connectivity index is 0.00000193. The number of aromatic nitrogens is 2. The van der Waals surface area contributed by atoms with Gasteiger partial charge in [0, 0.05) is 55.0 Å². The van der Waals surface area contributed by atoms with E-state index in [9.17, 15) is 4.79 Å². The van der Waals surface area contributed by atoms with Crippen LogP contribution in [0.5, 0.6) is 0 Å². The molecular weight excluding hydrogens is 481 g/mol. The Morgan fingerprint density at radius 1 is 1.12 bits per heavy atom. The van der Waals surface area contributed by atoms with Crippen molar-refractivity contribution in [3.8, 4) is 0 Å². The highest BCUT2D eigenvalue weighted by Gasteiger charge is 2.32. The first kappa shape index (κ1) is 27.6. The van der Waals surface area contributed by atoms with Crippen molar-refractivity contribution in [2.45, 2.75) is 51.5 Å². The second-order valence-electron chi connectivity index (χ2n) is 8.98. The molecule has 9 heteroatoms. The van der Waals surface area contributed by atoms with Crippen LogP contribution in [0.2, 0.25) is 5.02 Å². The normalized spacial score (nSPS) is 18.4. The molecule has 2 heterocycles. The first-order valence-electron chi connectivity index (χ1n) is 11.3. The van der Waals surface area contributed by atoms with E-state index in [1.165, 1.54) is 11.3 Å². The van der Waals surface area contributed by atoms with Gasteiger partial charge in [0.25, 0.3) is 0 Å². The lowest BCUT2D eigenvalue weighted by atomic mass is 9.96. The second kappa shape index (κ2) is 12.2. The van der Waals surface area contributed by atoms with Crippen molar-refractivity contribution < 1.29 is 4.79 Å². The van der Waals surface area contributed by atoms with E-state index in [2.05, 4.69) is 41.0 Å². The lowest BCUT2D eigenvalue weighted by molar-refractivity contribution is -0.133. The van der Waals surface area contributed by atoms with Gasteiger partial charge in [-0.1, -0.05) is 44.5 Å². The van der Waals surface area contributed by atoms with Crippen LogP contribution in [0.1, 0.15) is 55.8 Å². The minimum atomic E-state index is -0.213. The van der Waals surface area contributed by atoms with Gasteiger partial charge >= 0.3 is 0 Å². The zero-order valence-electron chi connectivity index (χ0n) is 19.5. The summed E-state index contributed by atoms with van der Waals surface area (Å²) >= 11 is 6.07. The highest BCUT2D eigenvalue weighted by Crippen LogP contribution is 2.37. The maximum Gasteiger partial charge on any atom is 0.231 e. The first-order chi connectivity index (χ1) is 14.9. The topological polar surface area (TPSA) is 61.4 Å². The van der Waals surface area contributed by atoms with Crippen molar-refractivity contribution in [3.05, 3.63) is 52.4 Å². The maximum atomic E-state index is 13.5. The van der Waals surface area contributed by atoms with E-state index in [1.807, 2.05) is 29.2 Å². The molecule has 4 rings (SSSR count). The molecular formula is C24H34Cl3N5O. The van der Waals surface area contributed by atoms with E-state index in [1.54, 1.807) is 6.33 Å². The number of anilines is 1. The molecule has 1 unspecified atom stereocenters. The van der Waals surface area contributed by atoms with Crippen LogP contribution < -0.4 is 10.2 Å². The highest BCUT2D eigenvalue weighted by atomic mass is 35.5. The number of hydrogen-bond acceptors (Lipinski definition) is 5. The van der Waals surface area contributed by atoms with Crippen LogP contribution in [0.15, 0.2) is 30.6 Å². The number of halogens is 3. The number of piperazine rings is 1. The number of amides is 1. The predicted molar refractivity (Wildman–Crippen MR) is 139 cm³/mol. The highest BCUT2D eigenvalue weighted by molar-refractivity contribution is 6.30. The van der Waals surface area contributed by atoms with Crippen LogP contribution in [-0.2, 0) is 11.2 Å². The van der Waals surface area contributed by atoms with Crippen molar-refractivity contribution in [3.63, 3.8) is 0 Å². The van der Waals surface area contributed by atoms with Crippen LogP contribution in [0.3, 0.4) is 0 Å². The summed E-state index contributed by atoms with van der Waals surface area (Å²) in [6.45, 7) is 10.1. The van der Waals surface area contributed by atoms with E-state index in [0.29, 0.717) is 36.6 Å². The number of carbonyl (C=O) groups is 1. The molecule has 1 fully saturated rings. The summed E-state index contributed by atoms with van der Waals surface area (Å²) < 4.78 is 0. The van der Waals surface area contributed by atoms with Crippen LogP contribution in [-0.4, -0.2) is 59.5 Å². The molecule has 1 aliphatic heterocycles. The number of aryl methyl sites for hydroxylation is 1. The molecule has 2 atom stereocenters. The summed E-state index contributed by atoms with van der Waals surface area (Å²) in [5.74, 6) is 1.53. The Bertz CT molecular complexity index is 917. The molecule has 1 aromatic carbocycles. The second-order valence-corrected chi connectivity index (χ2v) is 9.41. The van der Waals surface area contributed by atoms with Crippen LogP contribution >= 0.6 is 36.4 Å². The van der Waals surface area contributed by atoms with Gasteiger partial charge in [-0.05, 0) is 36.5 Å². The zero-order valence-corrected chi connectivity index (χ0v) is 21.8. The Labute approximate surface area is 214 Å². The third-order valence-corrected chi connectivity index (χ3v) is 6.70. The average molecular weight is 515 g/mol. The average Bonchev–Trinajstić information content (AvgIpc) is 3.16. The Hall–Kier alpha value is -1.60. The summed E-state index contributed by atoms with van der Waals surface area (Å²) in [7, 11) is 0. The fourth-order valence-electron chi connectivity index (χ4n) is 4.63. The predicted octanol–water partition coefficient (Wildman–Crippen LogP) is 4.45. The van der Waals surface area contributed by atoms with Gasteiger partial charge in [-0.3, -0.25) is 4.79 Å². The van der Waals surface area contributed by atoms with Crippen molar-refractivity contribution in [1.29, 1.82) is 0 Å². The van der Waals surface area contributed by atoms with Crippen LogP contribution in [0.25, 0.3) is 0 Å². The minimum absolute atomic E-state index is 0. The third kappa shape index (κ3) is 6.30. The van der Waals surface area contributed by atoms with Gasteiger partial charge in [-0.25, -0.2) is 9.97 Å². The zero-order chi connectivity index (χ0) is 22.0. The van der Waals surface area contributed by atoms with E-state index >= 15 is 0 Å². The first-order valence-corrected chi connectivity index (χ1v) is 11.7. The van der Waals surface area contributed by atoms with Crippen LogP contribution in [0, 0.1) is 0 Å². The maximum absolute atomic E-state index is 13.5. The lowest BCUT2D eigenvalue weighted by Crippen LogP contribution is -2.51. The molecule has 182 valence electrons. The molecule has 6 nitrogen and oxygen atoms in total. The summed E-state index contributed by atoms with van der Waals surface area (Å²) in [4.78, 5) is 26.9. The van der Waals surface area contributed by atoms with Crippen molar-refractivity contribution in [2.24, 2.45) is 0 Å². The van der Waals surface area contributed by atoms with Crippen molar-refractivity contribution in [2.75, 3.05) is 37.6 Å². The molecule has 33 heavy (non-hydrogen) atoms. The quantitative estimate of drug-likeness (QED) is 0.617. The van der Waals surface area contributed by atoms with E-state index in [4.69, 9.17) is 11.6 Å². The molecule has 1 aliphatic carbocycles. The van der Waals surface area contributed by atoms with Crippen LogP contribution in [0.4, 0.5) is 5.82 Å². The molecule has 0 radical (unpaired) electrons. The fourth-order valence-corrected chi connectivity index (χ4v) is 4.76. The number of hydrogen-bond donors (Lipinski definition) is 1. The molecule has 1 N–H and O–H groups in total. The third-order valence-electron chi connectivity index (χ3n) is 6.44. The summed E-state index contributed by atoms with van der Waals surface area (Å²) in [6.07, 6.45) is 3.87. The standard InChI is InChI=1S/C24H32ClN5O.2ClH/c1-16(2)26-14-20(18-5-7-19(25)8-6-18)24(31)30-12-10-29(11-13-30)23-22-17(3)4-9-21(22)27-15-28-23;;/h5-8,15-17,20,26H,4,9-14H2,1-3H3;2*1H/t17-,20?;;/m1../s1. The smallest absolute Gasteiger partial charge is 0.231 e. The molecule has 1 saturated heterocycles. The van der Waals surface area contributed by atoms with Gasteiger partial charge in [0.1, 0.15) is 12.1 Å². The summed E-state index contributed by atoms with van der Waals surface area (Å²) in [6, 6.07) is 7.98. The largest absolute Gasteiger partial charge is 0.353 e. The van der Waals surface area contributed by atoms with Gasteiger partial charge in [0.15, 0.2) is 0 Å². The molecule has 1 aromatic heterocycles. The Morgan fingerprint density at radius 2 is 1.79 bits per heavy atom. The lowest BCUT2D eigenvalue weighted by Gasteiger charge is -2.38. The molecule has 1 amide bonds. The molecule has 0 spiro atoms. The van der Waals surface area contributed by atoms with Gasteiger partial charge in [0.2, 0.25) is 5.91 Å². The van der Waals surface area contributed by atoms with E-state index < -0.39 is 0 Å². The monoisotopic (exact) mass is 513 g/mol. The van der Waals surface area contributed by atoms with Gasteiger partial charge < -0.3 is 15.1 Å². The number of fused-ring (bicyclic) bond motifs is 1. The summed E-state index contributed by atoms with van der Waals surface area (Å²) in [5, 5.41) is 4.13. The number of benzene rings is 1. The number of nitrogens with one attached hydrogen (secondary N) is 1. The fraction of sp³-hybridized carbons (Fsp3) is 0.542. The van der Waals surface area contributed by atoms with Crippen molar-refractivity contribution >= 4 is 48.1 Å². The summed E-state index contributed by atoms with van der Waals surface area (Å²) in [5.41, 5.74) is 3.51. The number of carbonyl (C=O) groups excluding carboxylic acids is 1. The van der Waals surface area contributed by atoms with Crippen molar-refractivity contribution in [1.82, 2.24) is 20.2 Å². The van der Waals surface area contributed by atoms with Gasteiger partial charge in [0.05, 0.1) is 5.92 Å². The van der Waals surface area contributed by atoms with Gasteiger partial charge in [-0.2, -0.15) is 0 Å². The van der Waals surface area contributed by atoms with Gasteiger partial charge in [-0.15, -0.1) is 24.8 Å².